The molecule has 0 aliphatic carbocycles. The van der Waals surface area contributed by atoms with Gasteiger partial charge in [-0.25, -0.2) is 9.78 Å². The summed E-state index contributed by atoms with van der Waals surface area (Å²) in [6, 6.07) is 26.7. The molecule has 5 heterocycles. The monoisotopic (exact) mass is 601 g/mol. The third-order valence-corrected chi connectivity index (χ3v) is 8.74. The molecule has 2 N–H and O–H groups in total. The Kier molecular flexibility index (Phi) is 8.15. The lowest BCUT2D eigenvalue weighted by Crippen LogP contribution is -2.48. The molecule has 0 unspecified atom stereocenters. The van der Waals surface area contributed by atoms with E-state index in [1.54, 1.807) is 6.20 Å². The minimum atomic E-state index is -0.879. The van der Waals surface area contributed by atoms with Crippen molar-refractivity contribution in [2.75, 3.05) is 44.2 Å². The number of carbonyl (C=O) groups is 1. The number of H-pyrrole nitrogens is 1. The molecule has 2 fully saturated rings. The van der Waals surface area contributed by atoms with E-state index in [1.807, 2.05) is 36.4 Å². The fourth-order valence-electron chi connectivity index (χ4n) is 6.16. The predicted octanol–water partition coefficient (Wildman–Crippen LogP) is 5.17. The second kappa shape index (κ2) is 12.8. The third-order valence-electron chi connectivity index (χ3n) is 8.74. The molecule has 0 atom stereocenters. The van der Waals surface area contributed by atoms with Gasteiger partial charge in [0.2, 0.25) is 0 Å². The Hall–Kier alpha value is -5.16. The van der Waals surface area contributed by atoms with Crippen LogP contribution in [0.4, 0.5) is 10.6 Å². The average molecular weight is 602 g/mol. The highest BCUT2D eigenvalue weighted by Gasteiger charge is 2.25. The largest absolute Gasteiger partial charge is 0.465 e. The van der Waals surface area contributed by atoms with E-state index in [4.69, 9.17) is 10.1 Å². The minimum absolute atomic E-state index is 0.344. The van der Waals surface area contributed by atoms with Gasteiger partial charge >= 0.3 is 6.09 Å². The number of hydrogen-bond acceptors (Lipinski definition) is 8. The van der Waals surface area contributed by atoms with Crippen molar-refractivity contribution in [3.05, 3.63) is 96.4 Å². The molecule has 11 nitrogen and oxygen atoms in total. The van der Waals surface area contributed by atoms with E-state index in [1.165, 1.54) is 10.5 Å². The van der Waals surface area contributed by atoms with Gasteiger partial charge in [0.05, 0.1) is 0 Å². The first-order valence-corrected chi connectivity index (χ1v) is 15.4. The molecule has 0 radical (unpaired) electrons. The molecule has 2 aromatic carbocycles. The van der Waals surface area contributed by atoms with Gasteiger partial charge in [0, 0.05) is 56.0 Å². The molecule has 2 aliphatic heterocycles. The van der Waals surface area contributed by atoms with Gasteiger partial charge in [-0.2, -0.15) is 5.10 Å². The van der Waals surface area contributed by atoms with E-state index in [-0.39, 0.29) is 0 Å². The zero-order valence-corrected chi connectivity index (χ0v) is 25.0. The van der Waals surface area contributed by atoms with Crippen molar-refractivity contribution in [3.8, 4) is 33.9 Å². The van der Waals surface area contributed by atoms with E-state index in [0.717, 1.165) is 78.0 Å². The van der Waals surface area contributed by atoms with Crippen molar-refractivity contribution in [2.24, 2.45) is 0 Å². The Morgan fingerprint density at radius 2 is 1.60 bits per heavy atom. The molecule has 2 aliphatic rings. The SMILES string of the molecule is O=C(O)N1CCN(c2cc(-c3ccccc3)c(-c3ccc(CN4CCC(c5n[nH]c(-c6ccccn6)n5)CC4)cc3)nn2)CC1. The fourth-order valence-corrected chi connectivity index (χ4v) is 6.16. The number of anilines is 1. The van der Waals surface area contributed by atoms with Crippen LogP contribution >= 0.6 is 0 Å². The number of piperidine rings is 1. The average Bonchev–Trinajstić information content (AvgIpc) is 3.60. The second-order valence-corrected chi connectivity index (χ2v) is 11.6. The number of piperazine rings is 1. The number of carboxylic acid groups (broad SMARTS) is 1. The van der Waals surface area contributed by atoms with Gasteiger partial charge in [-0.3, -0.25) is 15.0 Å². The predicted molar refractivity (Wildman–Crippen MR) is 172 cm³/mol. The number of rotatable bonds is 7. The van der Waals surface area contributed by atoms with Crippen molar-refractivity contribution in [1.29, 1.82) is 0 Å². The summed E-state index contributed by atoms with van der Waals surface area (Å²) in [6.07, 6.45) is 2.93. The molecule has 0 bridgehead atoms. The Labute approximate surface area is 261 Å². The summed E-state index contributed by atoms with van der Waals surface area (Å²) >= 11 is 0. The standard InChI is InChI=1S/C34H35N9O2/c44-34(45)43-20-18-42(19-21-43)30-22-28(25-6-2-1-3-7-25)31(38-37-30)26-11-9-24(10-12-26)23-41-16-13-27(14-17-41)32-36-33(40-39-32)29-8-4-5-15-35-29/h1-12,15,22,27H,13-14,16-21,23H2,(H,44,45)(H,36,39,40). The van der Waals surface area contributed by atoms with Gasteiger partial charge in [-0.15, -0.1) is 10.2 Å². The molecule has 45 heavy (non-hydrogen) atoms. The zero-order valence-electron chi connectivity index (χ0n) is 25.0. The lowest BCUT2D eigenvalue weighted by molar-refractivity contribution is 0.142. The number of benzene rings is 2. The van der Waals surface area contributed by atoms with Crippen molar-refractivity contribution in [1.82, 2.24) is 40.2 Å². The number of hydrogen-bond donors (Lipinski definition) is 2. The number of nitrogens with one attached hydrogen (secondary N) is 1. The second-order valence-electron chi connectivity index (χ2n) is 11.6. The molecule has 228 valence electrons. The highest BCUT2D eigenvalue weighted by Crippen LogP contribution is 2.33. The Morgan fingerprint density at radius 1 is 0.844 bits per heavy atom. The summed E-state index contributed by atoms with van der Waals surface area (Å²) in [5.41, 5.74) is 5.99. The summed E-state index contributed by atoms with van der Waals surface area (Å²) in [7, 11) is 0. The van der Waals surface area contributed by atoms with Crippen LogP contribution in [0, 0.1) is 0 Å². The lowest BCUT2D eigenvalue weighted by Gasteiger charge is -2.33. The topological polar surface area (TPSA) is 127 Å². The van der Waals surface area contributed by atoms with Crippen molar-refractivity contribution >= 4 is 11.9 Å². The molecular formula is C34H35N9O2. The lowest BCUT2D eigenvalue weighted by atomic mass is 9.95. The van der Waals surface area contributed by atoms with Crippen LogP contribution in [0.15, 0.2) is 85.1 Å². The first-order chi connectivity index (χ1) is 22.1. The first-order valence-electron chi connectivity index (χ1n) is 15.4. The molecular weight excluding hydrogens is 566 g/mol. The maximum Gasteiger partial charge on any atom is 0.407 e. The number of aromatic nitrogens is 6. The molecule has 0 saturated carbocycles. The number of pyridine rings is 1. The van der Waals surface area contributed by atoms with Crippen molar-refractivity contribution < 1.29 is 9.90 Å². The van der Waals surface area contributed by atoms with Crippen molar-refractivity contribution in [2.45, 2.75) is 25.3 Å². The number of aromatic amines is 1. The Balaban J connectivity index is 1.02. The van der Waals surface area contributed by atoms with Gasteiger partial charge in [0.15, 0.2) is 17.5 Å². The van der Waals surface area contributed by atoms with Crippen LogP contribution in [0.5, 0.6) is 0 Å². The smallest absolute Gasteiger partial charge is 0.407 e. The minimum Gasteiger partial charge on any atom is -0.465 e. The first kappa shape index (κ1) is 28.6. The molecule has 5 aromatic rings. The van der Waals surface area contributed by atoms with Gasteiger partial charge in [0.25, 0.3) is 0 Å². The molecule has 1 amide bonds. The van der Waals surface area contributed by atoms with Crippen LogP contribution in [0.3, 0.4) is 0 Å². The van der Waals surface area contributed by atoms with Gasteiger partial charge < -0.3 is 14.9 Å². The van der Waals surface area contributed by atoms with Gasteiger partial charge in [-0.05, 0) is 55.3 Å². The number of nitrogens with zero attached hydrogens (tertiary/aromatic N) is 8. The summed E-state index contributed by atoms with van der Waals surface area (Å²) in [5.74, 6) is 2.71. The van der Waals surface area contributed by atoms with E-state index in [2.05, 4.69) is 72.5 Å². The van der Waals surface area contributed by atoms with Crippen LogP contribution in [-0.4, -0.2) is 90.6 Å². The molecule has 3 aromatic heterocycles. The number of likely N-dealkylation sites (tertiary alicyclic amines) is 1. The summed E-state index contributed by atoms with van der Waals surface area (Å²) < 4.78 is 0. The van der Waals surface area contributed by atoms with E-state index < -0.39 is 6.09 Å². The van der Waals surface area contributed by atoms with Crippen LogP contribution in [0.25, 0.3) is 33.9 Å². The third kappa shape index (κ3) is 6.39. The van der Waals surface area contributed by atoms with E-state index >= 15 is 0 Å². The normalized spacial score (nSPS) is 16.2. The molecule has 11 heteroatoms. The van der Waals surface area contributed by atoms with Crippen LogP contribution in [0.2, 0.25) is 0 Å². The van der Waals surface area contributed by atoms with Crippen LogP contribution in [-0.2, 0) is 6.54 Å². The van der Waals surface area contributed by atoms with Gasteiger partial charge in [0.1, 0.15) is 11.4 Å². The van der Waals surface area contributed by atoms with Crippen LogP contribution < -0.4 is 4.90 Å². The van der Waals surface area contributed by atoms with E-state index in [9.17, 15) is 9.90 Å². The quantitative estimate of drug-likeness (QED) is 0.260. The fraction of sp³-hybridized carbons (Fsp3) is 0.294. The zero-order chi connectivity index (χ0) is 30.6. The van der Waals surface area contributed by atoms with Crippen molar-refractivity contribution in [3.63, 3.8) is 0 Å². The Bertz CT molecular complexity index is 1730. The molecule has 0 spiro atoms. The summed E-state index contributed by atoms with van der Waals surface area (Å²) in [6.45, 7) is 4.95. The summed E-state index contributed by atoms with van der Waals surface area (Å²) in [5, 5.41) is 26.2. The highest BCUT2D eigenvalue weighted by molar-refractivity contribution is 5.82. The molecule has 7 rings (SSSR count). The van der Waals surface area contributed by atoms with E-state index in [0.29, 0.717) is 32.1 Å². The maximum absolute atomic E-state index is 11.4. The van der Waals surface area contributed by atoms with Gasteiger partial charge in [-0.1, -0.05) is 60.7 Å². The maximum atomic E-state index is 11.4. The number of amides is 1. The van der Waals surface area contributed by atoms with Crippen LogP contribution in [0.1, 0.15) is 30.1 Å². The summed E-state index contributed by atoms with van der Waals surface area (Å²) in [4.78, 5) is 26.5. The highest BCUT2D eigenvalue weighted by atomic mass is 16.4. The Morgan fingerprint density at radius 3 is 2.31 bits per heavy atom. The molecule has 2 saturated heterocycles.